The Hall–Kier alpha value is -1.75. The molecule has 1 heterocycles. The Labute approximate surface area is 118 Å². The predicted molar refractivity (Wildman–Crippen MR) is 79.7 cm³/mol. The standard InChI is InChI=1S/C15H21N3O2/c16-11-6-7-14-13(10-11)17-15(20-14)18(8-9-19)12-4-2-1-3-5-12/h6-7,10,12,19H,1-5,8-9,16H2. The third-order valence-electron chi connectivity index (χ3n) is 4.00. The minimum absolute atomic E-state index is 0.108. The van der Waals surface area contributed by atoms with E-state index in [-0.39, 0.29) is 6.61 Å². The Morgan fingerprint density at radius 1 is 1.30 bits per heavy atom. The number of aliphatic hydroxyl groups is 1. The lowest BCUT2D eigenvalue weighted by Crippen LogP contribution is -2.39. The summed E-state index contributed by atoms with van der Waals surface area (Å²) in [5, 5.41) is 9.32. The molecular formula is C15H21N3O2. The van der Waals surface area contributed by atoms with Crippen LogP contribution in [0.4, 0.5) is 11.7 Å². The van der Waals surface area contributed by atoms with Gasteiger partial charge in [-0.05, 0) is 31.0 Å². The summed E-state index contributed by atoms with van der Waals surface area (Å²) in [6, 6.07) is 6.50. The predicted octanol–water partition coefficient (Wildman–Crippen LogP) is 2.54. The van der Waals surface area contributed by atoms with E-state index in [1.165, 1.54) is 19.3 Å². The third kappa shape index (κ3) is 2.58. The minimum Gasteiger partial charge on any atom is -0.423 e. The van der Waals surface area contributed by atoms with Crippen LogP contribution in [0.1, 0.15) is 32.1 Å². The van der Waals surface area contributed by atoms with E-state index >= 15 is 0 Å². The van der Waals surface area contributed by atoms with Crippen molar-refractivity contribution in [2.24, 2.45) is 0 Å². The van der Waals surface area contributed by atoms with E-state index in [4.69, 9.17) is 10.2 Å². The van der Waals surface area contributed by atoms with Gasteiger partial charge in [-0.15, -0.1) is 0 Å². The second-order valence-corrected chi connectivity index (χ2v) is 5.43. The molecule has 5 heteroatoms. The average molecular weight is 275 g/mol. The van der Waals surface area contributed by atoms with Gasteiger partial charge in [0.2, 0.25) is 0 Å². The van der Waals surface area contributed by atoms with Crippen molar-refractivity contribution < 1.29 is 9.52 Å². The molecule has 108 valence electrons. The Morgan fingerprint density at radius 3 is 2.85 bits per heavy atom. The van der Waals surface area contributed by atoms with Crippen LogP contribution in [0.3, 0.4) is 0 Å². The number of anilines is 2. The Balaban J connectivity index is 1.91. The zero-order valence-electron chi connectivity index (χ0n) is 11.6. The van der Waals surface area contributed by atoms with Crippen LogP contribution in [-0.4, -0.2) is 29.3 Å². The molecule has 3 N–H and O–H groups in total. The maximum absolute atomic E-state index is 9.32. The first-order valence-electron chi connectivity index (χ1n) is 7.31. The van der Waals surface area contributed by atoms with Gasteiger partial charge in [0.25, 0.3) is 6.01 Å². The molecule has 0 atom stereocenters. The molecule has 5 nitrogen and oxygen atoms in total. The highest BCUT2D eigenvalue weighted by molar-refractivity contribution is 5.78. The van der Waals surface area contributed by atoms with Gasteiger partial charge in [0, 0.05) is 18.3 Å². The Bertz CT molecular complexity index is 576. The molecular weight excluding hydrogens is 254 g/mol. The normalized spacial score (nSPS) is 16.6. The number of rotatable bonds is 4. The second-order valence-electron chi connectivity index (χ2n) is 5.43. The van der Waals surface area contributed by atoms with Crippen molar-refractivity contribution in [3.05, 3.63) is 18.2 Å². The maximum atomic E-state index is 9.32. The van der Waals surface area contributed by atoms with Crippen molar-refractivity contribution in [3.8, 4) is 0 Å². The Kier molecular flexibility index (Phi) is 3.78. The third-order valence-corrected chi connectivity index (χ3v) is 4.00. The molecule has 1 aromatic heterocycles. The van der Waals surface area contributed by atoms with E-state index in [0.29, 0.717) is 24.3 Å². The van der Waals surface area contributed by atoms with Gasteiger partial charge in [0.05, 0.1) is 6.61 Å². The molecule has 1 aliphatic rings. The first-order valence-corrected chi connectivity index (χ1v) is 7.31. The van der Waals surface area contributed by atoms with Crippen LogP contribution >= 0.6 is 0 Å². The van der Waals surface area contributed by atoms with Gasteiger partial charge >= 0.3 is 0 Å². The monoisotopic (exact) mass is 275 g/mol. The SMILES string of the molecule is Nc1ccc2oc(N(CCO)C3CCCCC3)nc2c1. The zero-order valence-corrected chi connectivity index (χ0v) is 11.6. The molecule has 0 radical (unpaired) electrons. The number of nitrogens with two attached hydrogens (primary N) is 1. The van der Waals surface area contributed by atoms with Gasteiger partial charge in [-0.2, -0.15) is 4.98 Å². The maximum Gasteiger partial charge on any atom is 0.298 e. The summed E-state index contributed by atoms with van der Waals surface area (Å²) in [5.74, 6) is 0. The van der Waals surface area contributed by atoms with Crippen LogP contribution in [0.5, 0.6) is 0 Å². The summed E-state index contributed by atoms with van der Waals surface area (Å²) < 4.78 is 5.84. The fraction of sp³-hybridized carbons (Fsp3) is 0.533. The first kappa shape index (κ1) is 13.2. The molecule has 0 spiro atoms. The number of hydrogen-bond donors (Lipinski definition) is 2. The van der Waals surface area contributed by atoms with E-state index in [1.807, 2.05) is 18.2 Å². The second kappa shape index (κ2) is 5.71. The number of oxazole rings is 1. The summed E-state index contributed by atoms with van der Waals surface area (Å²) >= 11 is 0. The average Bonchev–Trinajstić information content (AvgIpc) is 2.88. The largest absolute Gasteiger partial charge is 0.423 e. The van der Waals surface area contributed by atoms with Gasteiger partial charge in [-0.1, -0.05) is 19.3 Å². The summed E-state index contributed by atoms with van der Waals surface area (Å²) in [4.78, 5) is 6.64. The van der Waals surface area contributed by atoms with Crippen LogP contribution in [0, 0.1) is 0 Å². The highest BCUT2D eigenvalue weighted by Crippen LogP contribution is 2.29. The molecule has 0 bridgehead atoms. The van der Waals surface area contributed by atoms with Crippen molar-refractivity contribution in [2.45, 2.75) is 38.1 Å². The number of benzene rings is 1. The number of hydrogen-bond acceptors (Lipinski definition) is 5. The van der Waals surface area contributed by atoms with E-state index in [1.54, 1.807) is 0 Å². The van der Waals surface area contributed by atoms with E-state index < -0.39 is 0 Å². The molecule has 1 saturated carbocycles. The smallest absolute Gasteiger partial charge is 0.298 e. The van der Waals surface area contributed by atoms with Crippen LogP contribution in [0.15, 0.2) is 22.6 Å². The van der Waals surface area contributed by atoms with Crippen molar-refractivity contribution >= 4 is 22.8 Å². The van der Waals surface area contributed by atoms with Crippen LogP contribution < -0.4 is 10.6 Å². The summed E-state index contributed by atoms with van der Waals surface area (Å²) in [6.45, 7) is 0.671. The number of nitrogens with zero attached hydrogens (tertiary/aromatic N) is 2. The van der Waals surface area contributed by atoms with E-state index in [0.717, 1.165) is 23.9 Å². The van der Waals surface area contributed by atoms with Crippen LogP contribution in [-0.2, 0) is 0 Å². The molecule has 3 rings (SSSR count). The molecule has 1 aliphatic carbocycles. The van der Waals surface area contributed by atoms with Crippen LogP contribution in [0.2, 0.25) is 0 Å². The van der Waals surface area contributed by atoms with Gasteiger partial charge in [0.1, 0.15) is 5.52 Å². The highest BCUT2D eigenvalue weighted by atomic mass is 16.4. The van der Waals surface area contributed by atoms with E-state index in [2.05, 4.69) is 9.88 Å². The molecule has 1 aromatic carbocycles. The lowest BCUT2D eigenvalue weighted by atomic mass is 9.94. The quantitative estimate of drug-likeness (QED) is 0.839. The van der Waals surface area contributed by atoms with Crippen molar-refractivity contribution in [2.75, 3.05) is 23.8 Å². The minimum atomic E-state index is 0.108. The first-order chi connectivity index (χ1) is 9.78. The van der Waals surface area contributed by atoms with Gasteiger partial charge in [0.15, 0.2) is 5.58 Å². The lowest BCUT2D eigenvalue weighted by molar-refractivity contribution is 0.285. The molecule has 0 amide bonds. The van der Waals surface area contributed by atoms with E-state index in [9.17, 15) is 5.11 Å². The van der Waals surface area contributed by atoms with Crippen molar-refractivity contribution in [3.63, 3.8) is 0 Å². The lowest BCUT2D eigenvalue weighted by Gasteiger charge is -2.32. The summed E-state index contributed by atoms with van der Waals surface area (Å²) in [6.07, 6.45) is 6.05. The highest BCUT2D eigenvalue weighted by Gasteiger charge is 2.24. The topological polar surface area (TPSA) is 75.5 Å². The Morgan fingerprint density at radius 2 is 2.10 bits per heavy atom. The zero-order chi connectivity index (χ0) is 13.9. The molecule has 2 aromatic rings. The van der Waals surface area contributed by atoms with Gasteiger partial charge < -0.3 is 20.2 Å². The van der Waals surface area contributed by atoms with Gasteiger partial charge in [-0.25, -0.2) is 0 Å². The molecule has 20 heavy (non-hydrogen) atoms. The summed E-state index contributed by atoms with van der Waals surface area (Å²) in [7, 11) is 0. The number of nitrogen functional groups attached to an aromatic ring is 1. The van der Waals surface area contributed by atoms with Gasteiger partial charge in [-0.3, -0.25) is 0 Å². The fourth-order valence-corrected chi connectivity index (χ4v) is 2.99. The number of fused-ring (bicyclic) bond motifs is 1. The van der Waals surface area contributed by atoms with Crippen molar-refractivity contribution in [1.29, 1.82) is 0 Å². The molecule has 0 aliphatic heterocycles. The molecule has 0 unspecified atom stereocenters. The fourth-order valence-electron chi connectivity index (χ4n) is 2.99. The van der Waals surface area contributed by atoms with Crippen molar-refractivity contribution in [1.82, 2.24) is 4.98 Å². The molecule has 0 saturated heterocycles. The van der Waals surface area contributed by atoms with Crippen LogP contribution in [0.25, 0.3) is 11.1 Å². The number of aliphatic hydroxyl groups excluding tert-OH is 1. The summed E-state index contributed by atoms with van der Waals surface area (Å²) in [5.41, 5.74) is 7.98. The molecule has 1 fully saturated rings. The number of aromatic nitrogens is 1.